The molecule has 2 aromatic heterocycles. The zero-order valence-corrected chi connectivity index (χ0v) is 10.8. The number of hydrogen-bond acceptors (Lipinski definition) is 4. The Hall–Kier alpha value is -1.72. The van der Waals surface area contributed by atoms with Crippen molar-refractivity contribution in [3.63, 3.8) is 0 Å². The Morgan fingerprint density at radius 1 is 1.44 bits per heavy atom. The number of pyridine rings is 1. The highest BCUT2D eigenvalue weighted by Crippen LogP contribution is 2.24. The van der Waals surface area contributed by atoms with E-state index in [-0.39, 0.29) is 12.5 Å². The Bertz CT molecular complexity index is 509. The molecule has 2 heterocycles. The molecule has 0 aliphatic carbocycles. The van der Waals surface area contributed by atoms with E-state index < -0.39 is 5.60 Å². The second-order valence-corrected chi connectivity index (χ2v) is 5.10. The van der Waals surface area contributed by atoms with Gasteiger partial charge in [-0.2, -0.15) is 0 Å². The van der Waals surface area contributed by atoms with E-state index in [1.165, 1.54) is 11.3 Å². The van der Waals surface area contributed by atoms with Crippen LogP contribution in [0.1, 0.15) is 22.3 Å². The van der Waals surface area contributed by atoms with Gasteiger partial charge in [0.15, 0.2) is 0 Å². The summed E-state index contributed by atoms with van der Waals surface area (Å²) in [6, 6.07) is 8.85. The van der Waals surface area contributed by atoms with Crippen molar-refractivity contribution in [2.75, 3.05) is 6.54 Å². The minimum Gasteiger partial charge on any atom is -0.383 e. The van der Waals surface area contributed by atoms with Crippen LogP contribution in [0.5, 0.6) is 0 Å². The van der Waals surface area contributed by atoms with Crippen molar-refractivity contribution in [3.8, 4) is 0 Å². The quantitative estimate of drug-likeness (QED) is 0.883. The summed E-state index contributed by atoms with van der Waals surface area (Å²) in [6.45, 7) is 1.83. The molecule has 0 unspecified atom stereocenters. The van der Waals surface area contributed by atoms with Crippen LogP contribution in [-0.2, 0) is 5.60 Å². The highest BCUT2D eigenvalue weighted by Gasteiger charge is 2.25. The van der Waals surface area contributed by atoms with Crippen molar-refractivity contribution in [2.24, 2.45) is 0 Å². The third-order valence-corrected chi connectivity index (χ3v) is 3.67. The van der Waals surface area contributed by atoms with Gasteiger partial charge >= 0.3 is 0 Å². The lowest BCUT2D eigenvalue weighted by Gasteiger charge is -2.22. The first-order valence-corrected chi connectivity index (χ1v) is 6.43. The van der Waals surface area contributed by atoms with Gasteiger partial charge in [0, 0.05) is 11.1 Å². The smallest absolute Gasteiger partial charge is 0.269 e. The Kier molecular flexibility index (Phi) is 3.74. The van der Waals surface area contributed by atoms with Crippen molar-refractivity contribution >= 4 is 17.2 Å². The highest BCUT2D eigenvalue weighted by atomic mass is 32.1. The molecule has 0 bridgehead atoms. The normalized spacial score (nSPS) is 13.9. The van der Waals surface area contributed by atoms with Crippen LogP contribution >= 0.6 is 11.3 Å². The van der Waals surface area contributed by atoms with Crippen LogP contribution < -0.4 is 5.32 Å². The lowest BCUT2D eigenvalue weighted by atomic mass is 10.1. The van der Waals surface area contributed by atoms with Gasteiger partial charge in [-0.25, -0.2) is 0 Å². The first kappa shape index (κ1) is 12.7. The third kappa shape index (κ3) is 2.94. The molecule has 4 nitrogen and oxygen atoms in total. The van der Waals surface area contributed by atoms with Crippen LogP contribution in [0, 0.1) is 0 Å². The van der Waals surface area contributed by atoms with Gasteiger partial charge in [0.25, 0.3) is 5.91 Å². The Labute approximate surface area is 109 Å². The summed E-state index contributed by atoms with van der Waals surface area (Å²) in [4.78, 5) is 16.6. The molecule has 0 spiro atoms. The summed E-state index contributed by atoms with van der Waals surface area (Å²) in [5, 5.41) is 14.8. The number of amides is 1. The topological polar surface area (TPSA) is 62.2 Å². The largest absolute Gasteiger partial charge is 0.383 e. The van der Waals surface area contributed by atoms with Crippen molar-refractivity contribution in [1.82, 2.24) is 10.3 Å². The number of carbonyl (C=O) groups excluding carboxylic acids is 1. The molecule has 0 radical (unpaired) electrons. The average molecular weight is 262 g/mol. The predicted octanol–water partition coefficient (Wildman–Crippen LogP) is 1.78. The van der Waals surface area contributed by atoms with Crippen LogP contribution in [0.3, 0.4) is 0 Å². The zero-order chi connectivity index (χ0) is 13.0. The molecule has 0 aliphatic heterocycles. The van der Waals surface area contributed by atoms with E-state index in [0.29, 0.717) is 5.69 Å². The van der Waals surface area contributed by atoms with Gasteiger partial charge in [0.1, 0.15) is 11.3 Å². The number of rotatable bonds is 4. The molecule has 0 saturated heterocycles. The zero-order valence-electron chi connectivity index (χ0n) is 9.96. The fraction of sp³-hybridized carbons (Fsp3) is 0.231. The molecular formula is C13H14N2O2S. The summed E-state index contributed by atoms with van der Waals surface area (Å²) in [5.74, 6) is -0.285. The van der Waals surface area contributed by atoms with Gasteiger partial charge in [0.05, 0.1) is 6.54 Å². The lowest BCUT2D eigenvalue weighted by molar-refractivity contribution is 0.0555. The van der Waals surface area contributed by atoms with Crippen LogP contribution in [-0.4, -0.2) is 22.5 Å². The van der Waals surface area contributed by atoms with E-state index in [1.807, 2.05) is 17.5 Å². The molecule has 2 N–H and O–H groups in total. The Morgan fingerprint density at radius 3 is 2.89 bits per heavy atom. The molecule has 2 rings (SSSR count). The Balaban J connectivity index is 1.98. The van der Waals surface area contributed by atoms with Gasteiger partial charge in [-0.3, -0.25) is 9.78 Å². The van der Waals surface area contributed by atoms with E-state index in [9.17, 15) is 9.90 Å². The third-order valence-electron chi connectivity index (χ3n) is 2.54. The summed E-state index contributed by atoms with van der Waals surface area (Å²) in [7, 11) is 0. The molecule has 0 saturated carbocycles. The van der Waals surface area contributed by atoms with E-state index >= 15 is 0 Å². The number of nitrogens with zero attached hydrogens (tertiary/aromatic N) is 1. The number of aliphatic hydroxyl groups is 1. The van der Waals surface area contributed by atoms with Gasteiger partial charge < -0.3 is 10.4 Å². The predicted molar refractivity (Wildman–Crippen MR) is 70.5 cm³/mol. The van der Waals surface area contributed by atoms with Crippen molar-refractivity contribution in [3.05, 3.63) is 52.5 Å². The average Bonchev–Trinajstić information content (AvgIpc) is 2.92. The highest BCUT2D eigenvalue weighted by molar-refractivity contribution is 7.10. The van der Waals surface area contributed by atoms with Crippen molar-refractivity contribution in [1.29, 1.82) is 0 Å². The molecule has 0 aromatic carbocycles. The molecule has 2 aromatic rings. The summed E-state index contributed by atoms with van der Waals surface area (Å²) >= 11 is 1.46. The van der Waals surface area contributed by atoms with Crippen molar-refractivity contribution < 1.29 is 9.90 Å². The van der Waals surface area contributed by atoms with Crippen LogP contribution in [0.15, 0.2) is 41.9 Å². The van der Waals surface area contributed by atoms with E-state index in [0.717, 1.165) is 4.88 Å². The van der Waals surface area contributed by atoms with E-state index in [2.05, 4.69) is 10.3 Å². The molecule has 94 valence electrons. The molecule has 5 heteroatoms. The van der Waals surface area contributed by atoms with Crippen LogP contribution in [0.2, 0.25) is 0 Å². The van der Waals surface area contributed by atoms with Gasteiger partial charge in [0.2, 0.25) is 0 Å². The summed E-state index contributed by atoms with van der Waals surface area (Å²) in [5.41, 5.74) is -0.710. The standard InChI is InChI=1S/C13H14N2O2S/c1-13(17,11-6-4-8-18-11)9-15-12(16)10-5-2-3-7-14-10/h2-8,17H,9H2,1H3,(H,15,16)/t13-/m0/s1. The summed E-state index contributed by atoms with van der Waals surface area (Å²) < 4.78 is 0. The van der Waals surface area contributed by atoms with Crippen molar-refractivity contribution in [2.45, 2.75) is 12.5 Å². The molecule has 1 amide bonds. The SMILES string of the molecule is C[C@](O)(CNC(=O)c1ccccn1)c1cccs1. The number of aromatic nitrogens is 1. The first-order chi connectivity index (χ1) is 8.59. The Morgan fingerprint density at radius 2 is 2.28 bits per heavy atom. The molecule has 0 aliphatic rings. The van der Waals surface area contributed by atoms with Crippen LogP contribution in [0.25, 0.3) is 0 Å². The second kappa shape index (κ2) is 5.29. The number of carbonyl (C=O) groups is 1. The fourth-order valence-electron chi connectivity index (χ4n) is 1.51. The molecular weight excluding hydrogens is 248 g/mol. The maximum absolute atomic E-state index is 11.8. The monoisotopic (exact) mass is 262 g/mol. The number of nitrogens with one attached hydrogen (secondary N) is 1. The lowest BCUT2D eigenvalue weighted by Crippen LogP contribution is -2.38. The minimum atomic E-state index is -1.06. The van der Waals surface area contributed by atoms with E-state index in [1.54, 1.807) is 31.3 Å². The molecule has 18 heavy (non-hydrogen) atoms. The van der Waals surface area contributed by atoms with Gasteiger partial charge in [-0.1, -0.05) is 12.1 Å². The van der Waals surface area contributed by atoms with Gasteiger partial charge in [-0.05, 0) is 30.5 Å². The minimum absolute atomic E-state index is 0.156. The maximum atomic E-state index is 11.8. The first-order valence-electron chi connectivity index (χ1n) is 5.55. The van der Waals surface area contributed by atoms with E-state index in [4.69, 9.17) is 0 Å². The van der Waals surface area contributed by atoms with Crippen LogP contribution in [0.4, 0.5) is 0 Å². The molecule has 1 atom stereocenters. The summed E-state index contributed by atoms with van der Waals surface area (Å²) in [6.07, 6.45) is 1.56. The number of hydrogen-bond donors (Lipinski definition) is 2. The molecule has 0 fully saturated rings. The van der Waals surface area contributed by atoms with Gasteiger partial charge in [-0.15, -0.1) is 11.3 Å². The second-order valence-electron chi connectivity index (χ2n) is 4.15. The number of thiophene rings is 1. The maximum Gasteiger partial charge on any atom is 0.269 e. The fourth-order valence-corrected chi connectivity index (χ4v) is 2.30.